The molecule has 0 aliphatic heterocycles. The number of aryl methyl sites for hydroxylation is 1. The summed E-state index contributed by atoms with van der Waals surface area (Å²) in [4.78, 5) is 20.8. The van der Waals surface area contributed by atoms with Crippen molar-refractivity contribution >= 4 is 33.3 Å². The summed E-state index contributed by atoms with van der Waals surface area (Å²) in [6.45, 7) is 3.96. The molecule has 24 heavy (non-hydrogen) atoms. The van der Waals surface area contributed by atoms with E-state index in [-0.39, 0.29) is 0 Å². The average Bonchev–Trinajstić information content (AvgIpc) is 3.04. The highest BCUT2D eigenvalue weighted by molar-refractivity contribution is 7.17. The van der Waals surface area contributed by atoms with Gasteiger partial charge in [-0.25, -0.2) is 14.8 Å². The maximum absolute atomic E-state index is 11.3. The Hall–Kier alpha value is -2.47. The van der Waals surface area contributed by atoms with Gasteiger partial charge in [0, 0.05) is 10.9 Å². The number of aromatic nitrogens is 2. The number of nitrogens with zero attached hydrogens (tertiary/aromatic N) is 2. The summed E-state index contributed by atoms with van der Waals surface area (Å²) in [7, 11) is 0. The van der Waals surface area contributed by atoms with E-state index in [9.17, 15) is 9.90 Å². The minimum absolute atomic E-state index is 0.478. The second-order valence-electron chi connectivity index (χ2n) is 5.55. The quantitative estimate of drug-likeness (QED) is 0.703. The van der Waals surface area contributed by atoms with Crippen LogP contribution in [0, 0.1) is 0 Å². The van der Waals surface area contributed by atoms with Crippen LogP contribution in [0.5, 0.6) is 0 Å². The van der Waals surface area contributed by atoms with Crippen LogP contribution >= 0.6 is 11.3 Å². The maximum atomic E-state index is 11.3. The van der Waals surface area contributed by atoms with Gasteiger partial charge in [0.2, 0.25) is 0 Å². The molecule has 0 fully saturated rings. The van der Waals surface area contributed by atoms with Crippen LogP contribution in [0.4, 0.5) is 5.82 Å². The number of nitrogens with one attached hydrogen (secondary N) is 1. The molecule has 2 N–H and O–H groups in total. The first kappa shape index (κ1) is 16.4. The van der Waals surface area contributed by atoms with E-state index in [1.165, 1.54) is 23.2 Å². The fraction of sp³-hybridized carbons (Fsp3) is 0.278. The predicted molar refractivity (Wildman–Crippen MR) is 97.6 cm³/mol. The number of hydrogen-bond donors (Lipinski definition) is 2. The van der Waals surface area contributed by atoms with E-state index in [1.807, 2.05) is 12.3 Å². The van der Waals surface area contributed by atoms with Gasteiger partial charge in [0.1, 0.15) is 23.0 Å². The molecule has 1 atom stereocenters. The van der Waals surface area contributed by atoms with Crippen LogP contribution in [-0.4, -0.2) is 27.1 Å². The Morgan fingerprint density at radius 1 is 1.25 bits per heavy atom. The first-order chi connectivity index (χ1) is 11.6. The second kappa shape index (κ2) is 6.97. The minimum atomic E-state index is -0.881. The monoisotopic (exact) mass is 341 g/mol. The van der Waals surface area contributed by atoms with E-state index in [0.29, 0.717) is 12.2 Å². The number of fused-ring (bicyclic) bond motifs is 1. The Morgan fingerprint density at radius 2 is 2.00 bits per heavy atom. The number of rotatable bonds is 6. The molecule has 6 heteroatoms. The molecule has 0 amide bonds. The molecule has 0 saturated heterocycles. The molecule has 3 aromatic rings. The van der Waals surface area contributed by atoms with Crippen molar-refractivity contribution in [1.82, 2.24) is 9.97 Å². The van der Waals surface area contributed by atoms with Crippen molar-refractivity contribution in [3.63, 3.8) is 0 Å². The van der Waals surface area contributed by atoms with Gasteiger partial charge >= 0.3 is 5.97 Å². The molecular weight excluding hydrogens is 322 g/mol. The third kappa shape index (κ3) is 3.10. The van der Waals surface area contributed by atoms with Crippen molar-refractivity contribution < 1.29 is 9.90 Å². The number of aliphatic carboxylic acids is 1. The summed E-state index contributed by atoms with van der Waals surface area (Å²) in [6, 6.07) is 7.74. The fourth-order valence-corrected chi connectivity index (χ4v) is 3.54. The Labute approximate surface area is 144 Å². The molecule has 5 nitrogen and oxygen atoms in total. The van der Waals surface area contributed by atoms with E-state index in [4.69, 9.17) is 0 Å². The molecule has 124 valence electrons. The smallest absolute Gasteiger partial charge is 0.326 e. The Morgan fingerprint density at radius 3 is 2.62 bits per heavy atom. The van der Waals surface area contributed by atoms with Crippen LogP contribution in [0.3, 0.4) is 0 Å². The average molecular weight is 341 g/mol. The highest BCUT2D eigenvalue weighted by Gasteiger charge is 2.19. The number of anilines is 1. The normalized spacial score (nSPS) is 12.2. The van der Waals surface area contributed by atoms with Crippen molar-refractivity contribution in [1.29, 1.82) is 0 Å². The second-order valence-corrected chi connectivity index (χ2v) is 6.40. The first-order valence-corrected chi connectivity index (χ1v) is 8.82. The number of carbonyl (C=O) groups is 1. The molecule has 2 aromatic heterocycles. The van der Waals surface area contributed by atoms with Gasteiger partial charge in [-0.15, -0.1) is 11.3 Å². The van der Waals surface area contributed by atoms with Gasteiger partial charge in [0.25, 0.3) is 0 Å². The summed E-state index contributed by atoms with van der Waals surface area (Å²) in [5.74, 6) is -0.307. The van der Waals surface area contributed by atoms with Crippen LogP contribution in [-0.2, 0) is 11.2 Å². The van der Waals surface area contributed by atoms with Crippen LogP contribution in [0.15, 0.2) is 36.0 Å². The Bertz CT molecular complexity index is 858. The SMILES string of the molecule is CCc1ccc(-c2csc3ncnc(NC(CC)C(=O)O)c23)cc1. The molecule has 0 radical (unpaired) electrons. The molecule has 1 unspecified atom stereocenters. The van der Waals surface area contributed by atoms with Crippen LogP contribution < -0.4 is 5.32 Å². The summed E-state index contributed by atoms with van der Waals surface area (Å²) >= 11 is 1.54. The zero-order valence-corrected chi connectivity index (χ0v) is 14.4. The van der Waals surface area contributed by atoms with Crippen molar-refractivity contribution in [2.45, 2.75) is 32.7 Å². The summed E-state index contributed by atoms with van der Waals surface area (Å²) in [5.41, 5.74) is 3.39. The summed E-state index contributed by atoms with van der Waals surface area (Å²) in [5, 5.41) is 15.3. The zero-order chi connectivity index (χ0) is 17.1. The van der Waals surface area contributed by atoms with E-state index in [2.05, 4.69) is 46.5 Å². The zero-order valence-electron chi connectivity index (χ0n) is 13.6. The topological polar surface area (TPSA) is 75.1 Å². The molecule has 3 rings (SSSR count). The third-order valence-electron chi connectivity index (χ3n) is 4.06. The van der Waals surface area contributed by atoms with E-state index in [1.54, 1.807) is 0 Å². The van der Waals surface area contributed by atoms with Gasteiger partial charge in [-0.05, 0) is 24.0 Å². The van der Waals surface area contributed by atoms with Gasteiger partial charge in [0.05, 0.1) is 5.39 Å². The van der Waals surface area contributed by atoms with Crippen molar-refractivity contribution in [2.24, 2.45) is 0 Å². The van der Waals surface area contributed by atoms with Crippen molar-refractivity contribution in [2.75, 3.05) is 5.32 Å². The lowest BCUT2D eigenvalue weighted by Crippen LogP contribution is -2.28. The lowest BCUT2D eigenvalue weighted by atomic mass is 10.0. The van der Waals surface area contributed by atoms with Gasteiger partial charge < -0.3 is 10.4 Å². The number of hydrogen-bond acceptors (Lipinski definition) is 5. The maximum Gasteiger partial charge on any atom is 0.326 e. The van der Waals surface area contributed by atoms with E-state index < -0.39 is 12.0 Å². The highest BCUT2D eigenvalue weighted by atomic mass is 32.1. The molecule has 0 aliphatic carbocycles. The number of carboxylic acid groups (broad SMARTS) is 1. The van der Waals surface area contributed by atoms with Gasteiger partial charge in [-0.2, -0.15) is 0 Å². The van der Waals surface area contributed by atoms with Crippen LogP contribution in [0.1, 0.15) is 25.8 Å². The van der Waals surface area contributed by atoms with Crippen molar-refractivity contribution in [3.05, 3.63) is 41.5 Å². The van der Waals surface area contributed by atoms with Crippen molar-refractivity contribution in [3.8, 4) is 11.1 Å². The lowest BCUT2D eigenvalue weighted by Gasteiger charge is -2.14. The molecule has 2 heterocycles. The molecule has 0 aliphatic rings. The van der Waals surface area contributed by atoms with Gasteiger partial charge in [-0.1, -0.05) is 38.1 Å². The number of thiophene rings is 1. The van der Waals surface area contributed by atoms with Gasteiger partial charge in [0.15, 0.2) is 0 Å². The third-order valence-corrected chi connectivity index (χ3v) is 4.95. The number of carboxylic acids is 1. The van der Waals surface area contributed by atoms with Crippen LogP contribution in [0.2, 0.25) is 0 Å². The standard InChI is InChI=1S/C18H19N3O2S/c1-3-11-5-7-12(8-6-11)13-9-24-17-15(13)16(19-10-20-17)21-14(4-2)18(22)23/h5-10,14H,3-4H2,1-2H3,(H,22,23)(H,19,20,21). The van der Waals surface area contributed by atoms with E-state index >= 15 is 0 Å². The van der Waals surface area contributed by atoms with Crippen LogP contribution in [0.25, 0.3) is 21.3 Å². The Balaban J connectivity index is 2.07. The molecule has 0 bridgehead atoms. The largest absolute Gasteiger partial charge is 0.480 e. The molecule has 0 saturated carbocycles. The minimum Gasteiger partial charge on any atom is -0.480 e. The Kier molecular flexibility index (Phi) is 4.76. The summed E-state index contributed by atoms with van der Waals surface area (Å²) in [6.07, 6.45) is 2.95. The number of benzene rings is 1. The highest BCUT2D eigenvalue weighted by Crippen LogP contribution is 2.36. The lowest BCUT2D eigenvalue weighted by molar-refractivity contribution is -0.137. The molecule has 1 aromatic carbocycles. The molecular formula is C18H19N3O2S. The fourth-order valence-electron chi connectivity index (χ4n) is 2.62. The molecule has 0 spiro atoms. The first-order valence-electron chi connectivity index (χ1n) is 7.94. The predicted octanol–water partition coefficient (Wildman–Crippen LogP) is 4.20. The van der Waals surface area contributed by atoms with E-state index in [0.717, 1.165) is 27.8 Å². The summed E-state index contributed by atoms with van der Waals surface area (Å²) < 4.78 is 0. The van der Waals surface area contributed by atoms with Gasteiger partial charge in [-0.3, -0.25) is 0 Å².